The first-order valence-electron chi connectivity index (χ1n) is 6.20. The van der Waals surface area contributed by atoms with Crippen LogP contribution in [-0.2, 0) is 4.79 Å². The molecule has 2 nitrogen and oxygen atoms in total. The Balaban J connectivity index is 1.76. The smallest absolute Gasteiger partial charge is 0.311 e. The minimum absolute atomic E-state index is 0.262. The van der Waals surface area contributed by atoms with Crippen molar-refractivity contribution in [1.29, 1.82) is 0 Å². The zero-order valence-electron chi connectivity index (χ0n) is 9.82. The minimum atomic E-state index is -0.383. The molecular weight excluding hydrogens is 219 g/mol. The quantitative estimate of drug-likeness (QED) is 0.588. The van der Waals surface area contributed by atoms with Gasteiger partial charge in [-0.15, -0.1) is 0 Å². The second-order valence-corrected chi connectivity index (χ2v) is 4.62. The molecule has 0 N–H and O–H groups in total. The van der Waals surface area contributed by atoms with Crippen LogP contribution >= 0.6 is 0 Å². The zero-order valence-corrected chi connectivity index (χ0v) is 9.82. The highest BCUT2D eigenvalue weighted by Crippen LogP contribution is 2.28. The van der Waals surface area contributed by atoms with Crippen LogP contribution in [0.2, 0.25) is 0 Å². The average molecular weight is 236 g/mol. The Morgan fingerprint density at radius 2 is 2.12 bits per heavy atom. The Hall–Kier alpha value is -1.38. The van der Waals surface area contributed by atoms with Crippen molar-refractivity contribution in [2.75, 3.05) is 0 Å². The topological polar surface area (TPSA) is 26.3 Å². The van der Waals surface area contributed by atoms with E-state index in [9.17, 15) is 9.18 Å². The molecule has 0 aliphatic heterocycles. The summed E-state index contributed by atoms with van der Waals surface area (Å²) in [6, 6.07) is 5.69. The van der Waals surface area contributed by atoms with Crippen molar-refractivity contribution in [3.63, 3.8) is 0 Å². The first-order chi connectivity index (χ1) is 8.24. The van der Waals surface area contributed by atoms with Crippen molar-refractivity contribution in [1.82, 2.24) is 0 Å². The van der Waals surface area contributed by atoms with Gasteiger partial charge in [0.05, 0.1) is 0 Å². The van der Waals surface area contributed by atoms with Gasteiger partial charge >= 0.3 is 5.97 Å². The summed E-state index contributed by atoms with van der Waals surface area (Å²) in [6.45, 7) is 0. The maximum atomic E-state index is 12.9. The standard InChI is InChI=1S/C14H17FO2/c15-12-6-3-7-13(10-12)17-14(16)9-8-11-4-1-2-5-11/h3,6-7,10-11H,1-2,4-5,8-9H2. The molecule has 3 heteroatoms. The van der Waals surface area contributed by atoms with Crippen LogP contribution < -0.4 is 4.74 Å². The summed E-state index contributed by atoms with van der Waals surface area (Å²) in [6.07, 6.45) is 6.35. The van der Waals surface area contributed by atoms with Gasteiger partial charge < -0.3 is 4.74 Å². The summed E-state index contributed by atoms with van der Waals surface area (Å²) in [5, 5.41) is 0. The van der Waals surface area contributed by atoms with E-state index in [-0.39, 0.29) is 11.8 Å². The fourth-order valence-electron chi connectivity index (χ4n) is 2.33. The van der Waals surface area contributed by atoms with E-state index in [1.165, 1.54) is 43.9 Å². The highest BCUT2D eigenvalue weighted by molar-refractivity contribution is 5.72. The van der Waals surface area contributed by atoms with Crippen LogP contribution in [0, 0.1) is 11.7 Å². The maximum Gasteiger partial charge on any atom is 0.311 e. The van der Waals surface area contributed by atoms with Crippen LogP contribution in [0.3, 0.4) is 0 Å². The van der Waals surface area contributed by atoms with Gasteiger partial charge in [-0.3, -0.25) is 4.79 Å². The molecule has 0 bridgehead atoms. The van der Waals surface area contributed by atoms with Crippen molar-refractivity contribution in [3.8, 4) is 5.75 Å². The van der Waals surface area contributed by atoms with E-state index in [0.29, 0.717) is 18.1 Å². The molecule has 0 heterocycles. The summed E-state index contributed by atoms with van der Waals surface area (Å²) in [5.41, 5.74) is 0. The molecule has 0 spiro atoms. The van der Waals surface area contributed by atoms with Crippen molar-refractivity contribution in [3.05, 3.63) is 30.1 Å². The number of esters is 1. The van der Waals surface area contributed by atoms with E-state index in [1.807, 2.05) is 0 Å². The predicted molar refractivity (Wildman–Crippen MR) is 63.2 cm³/mol. The molecule has 0 amide bonds. The van der Waals surface area contributed by atoms with Gasteiger partial charge in [-0.05, 0) is 24.5 Å². The van der Waals surface area contributed by atoms with Crippen molar-refractivity contribution in [2.24, 2.45) is 5.92 Å². The van der Waals surface area contributed by atoms with Gasteiger partial charge in [-0.25, -0.2) is 4.39 Å². The van der Waals surface area contributed by atoms with Gasteiger partial charge in [0.15, 0.2) is 0 Å². The van der Waals surface area contributed by atoms with E-state index in [4.69, 9.17) is 4.74 Å². The summed E-state index contributed by atoms with van der Waals surface area (Å²) in [7, 11) is 0. The lowest BCUT2D eigenvalue weighted by Gasteiger charge is -2.08. The lowest BCUT2D eigenvalue weighted by molar-refractivity contribution is -0.134. The van der Waals surface area contributed by atoms with Crippen LogP contribution in [0.4, 0.5) is 4.39 Å². The van der Waals surface area contributed by atoms with Crippen molar-refractivity contribution in [2.45, 2.75) is 38.5 Å². The van der Waals surface area contributed by atoms with E-state index >= 15 is 0 Å². The number of carbonyl (C=O) groups is 1. The number of halogens is 1. The monoisotopic (exact) mass is 236 g/mol. The maximum absolute atomic E-state index is 12.9. The van der Waals surface area contributed by atoms with E-state index in [2.05, 4.69) is 0 Å². The third kappa shape index (κ3) is 3.84. The summed E-state index contributed by atoms with van der Waals surface area (Å²) in [4.78, 5) is 11.5. The van der Waals surface area contributed by atoms with Crippen LogP contribution in [0.25, 0.3) is 0 Å². The molecule has 1 saturated carbocycles. The predicted octanol–water partition coefficient (Wildman–Crippen LogP) is 3.70. The molecule has 0 unspecified atom stereocenters. The van der Waals surface area contributed by atoms with Crippen molar-refractivity contribution >= 4 is 5.97 Å². The molecule has 92 valence electrons. The molecular formula is C14H17FO2. The summed E-state index contributed by atoms with van der Waals surface area (Å²) in [5.74, 6) is 0.324. The molecule has 2 rings (SSSR count). The van der Waals surface area contributed by atoms with Crippen LogP contribution in [0.15, 0.2) is 24.3 Å². The number of carbonyl (C=O) groups excluding carboxylic acids is 1. The molecule has 17 heavy (non-hydrogen) atoms. The minimum Gasteiger partial charge on any atom is -0.426 e. The summed E-state index contributed by atoms with van der Waals surface area (Å²) < 4.78 is 17.9. The van der Waals surface area contributed by atoms with Crippen LogP contribution in [0.1, 0.15) is 38.5 Å². The summed E-state index contributed by atoms with van der Waals surface area (Å²) >= 11 is 0. The Morgan fingerprint density at radius 3 is 2.82 bits per heavy atom. The first kappa shape index (κ1) is 12.1. The molecule has 0 aromatic heterocycles. The number of ether oxygens (including phenoxy) is 1. The third-order valence-electron chi connectivity index (χ3n) is 3.26. The van der Waals surface area contributed by atoms with Crippen LogP contribution in [-0.4, -0.2) is 5.97 Å². The van der Waals surface area contributed by atoms with Gasteiger partial charge in [0.25, 0.3) is 0 Å². The SMILES string of the molecule is O=C(CCC1CCCC1)Oc1cccc(F)c1. The first-order valence-corrected chi connectivity index (χ1v) is 6.20. The largest absolute Gasteiger partial charge is 0.426 e. The highest BCUT2D eigenvalue weighted by Gasteiger charge is 2.16. The molecule has 1 aliphatic carbocycles. The Bertz CT molecular complexity index is 384. The van der Waals surface area contributed by atoms with Gasteiger partial charge in [-0.1, -0.05) is 31.7 Å². The van der Waals surface area contributed by atoms with Gasteiger partial charge in [-0.2, -0.15) is 0 Å². The van der Waals surface area contributed by atoms with Gasteiger partial charge in [0.1, 0.15) is 11.6 Å². The highest BCUT2D eigenvalue weighted by atomic mass is 19.1. The Labute approximate surface area is 101 Å². The average Bonchev–Trinajstić information content (AvgIpc) is 2.79. The fourth-order valence-corrected chi connectivity index (χ4v) is 2.33. The van der Waals surface area contributed by atoms with Gasteiger partial charge in [0.2, 0.25) is 0 Å². The van der Waals surface area contributed by atoms with E-state index in [1.54, 1.807) is 6.07 Å². The van der Waals surface area contributed by atoms with E-state index in [0.717, 1.165) is 6.42 Å². The lowest BCUT2D eigenvalue weighted by atomic mass is 10.0. The molecule has 1 fully saturated rings. The second kappa shape index (κ2) is 5.80. The second-order valence-electron chi connectivity index (χ2n) is 4.62. The van der Waals surface area contributed by atoms with Crippen molar-refractivity contribution < 1.29 is 13.9 Å². The number of hydrogen-bond acceptors (Lipinski definition) is 2. The number of benzene rings is 1. The molecule has 0 radical (unpaired) electrons. The molecule has 1 aromatic rings. The third-order valence-corrected chi connectivity index (χ3v) is 3.26. The molecule has 0 atom stereocenters. The molecule has 0 saturated heterocycles. The Morgan fingerprint density at radius 1 is 1.35 bits per heavy atom. The normalized spacial score (nSPS) is 16.1. The lowest BCUT2D eigenvalue weighted by Crippen LogP contribution is -2.09. The molecule has 1 aromatic carbocycles. The van der Waals surface area contributed by atoms with E-state index < -0.39 is 0 Å². The van der Waals surface area contributed by atoms with Gasteiger partial charge in [0, 0.05) is 12.5 Å². The fraction of sp³-hybridized carbons (Fsp3) is 0.500. The zero-order chi connectivity index (χ0) is 12.1. The number of rotatable bonds is 4. The molecule has 1 aliphatic rings. The Kier molecular flexibility index (Phi) is 4.13. The number of hydrogen-bond donors (Lipinski definition) is 0. The van der Waals surface area contributed by atoms with Crippen LogP contribution in [0.5, 0.6) is 5.75 Å².